The quantitative estimate of drug-likeness (QED) is 0.643. The number of esters is 1. The van der Waals surface area contributed by atoms with Gasteiger partial charge in [-0.3, -0.25) is 4.90 Å². The van der Waals surface area contributed by atoms with Gasteiger partial charge in [-0.25, -0.2) is 14.8 Å². The maximum Gasteiger partial charge on any atom is 0.360 e. The molecule has 0 bridgehead atoms. The van der Waals surface area contributed by atoms with E-state index in [9.17, 15) is 9.90 Å². The number of rotatable bonds is 4. The van der Waals surface area contributed by atoms with Crippen molar-refractivity contribution in [1.29, 1.82) is 0 Å². The maximum absolute atomic E-state index is 11.6. The smallest absolute Gasteiger partial charge is 0.360 e. The van der Waals surface area contributed by atoms with Crippen LogP contribution in [-0.4, -0.2) is 47.1 Å². The molecule has 116 valence electrons. The molecule has 1 aromatic carbocycles. The van der Waals surface area contributed by atoms with Crippen molar-refractivity contribution < 1.29 is 14.6 Å². The van der Waals surface area contributed by atoms with Gasteiger partial charge in [-0.05, 0) is 19.7 Å². The summed E-state index contributed by atoms with van der Waals surface area (Å²) in [6, 6.07) is 7.17. The van der Waals surface area contributed by atoms with Gasteiger partial charge in [-0.2, -0.15) is 0 Å². The van der Waals surface area contributed by atoms with Crippen molar-refractivity contribution in [3.63, 3.8) is 0 Å². The molecule has 1 atom stereocenters. The lowest BCUT2D eigenvalue weighted by molar-refractivity contribution is 0.0395. The Balaban J connectivity index is 2.34. The molecule has 0 fully saturated rings. The first-order valence-electron chi connectivity index (χ1n) is 6.59. The lowest BCUT2D eigenvalue weighted by atomic mass is 10.1. The fourth-order valence-electron chi connectivity index (χ4n) is 1.91. The van der Waals surface area contributed by atoms with Gasteiger partial charge < -0.3 is 15.6 Å². The second-order valence-electron chi connectivity index (χ2n) is 4.94. The summed E-state index contributed by atoms with van der Waals surface area (Å²) in [5.41, 5.74) is 7.62. The van der Waals surface area contributed by atoms with Gasteiger partial charge in [0.25, 0.3) is 0 Å². The minimum Gasteiger partial charge on any atom is -0.464 e. The van der Waals surface area contributed by atoms with Crippen molar-refractivity contribution >= 4 is 11.8 Å². The van der Waals surface area contributed by atoms with Gasteiger partial charge in [0, 0.05) is 5.56 Å². The molecule has 7 nitrogen and oxygen atoms in total. The molecule has 7 heteroatoms. The van der Waals surface area contributed by atoms with Gasteiger partial charge in [-0.15, -0.1) is 0 Å². The highest BCUT2D eigenvalue weighted by atomic mass is 16.5. The molecule has 22 heavy (non-hydrogen) atoms. The van der Waals surface area contributed by atoms with E-state index in [1.807, 2.05) is 0 Å². The van der Waals surface area contributed by atoms with Crippen molar-refractivity contribution in [3.8, 4) is 11.3 Å². The van der Waals surface area contributed by atoms with E-state index in [1.54, 1.807) is 43.3 Å². The van der Waals surface area contributed by atoms with E-state index in [0.717, 1.165) is 11.1 Å². The van der Waals surface area contributed by atoms with E-state index < -0.39 is 12.2 Å². The summed E-state index contributed by atoms with van der Waals surface area (Å²) in [4.78, 5) is 21.4. The van der Waals surface area contributed by atoms with Crippen LogP contribution in [0, 0.1) is 0 Å². The number of carbonyl (C=O) groups excluding carboxylic acids is 1. The Morgan fingerprint density at radius 3 is 2.50 bits per heavy atom. The minimum absolute atomic E-state index is 0.0163. The molecule has 0 saturated heterocycles. The fourth-order valence-corrected chi connectivity index (χ4v) is 1.91. The summed E-state index contributed by atoms with van der Waals surface area (Å²) < 4.78 is 4.62. The molecule has 0 spiro atoms. The van der Waals surface area contributed by atoms with Crippen LogP contribution in [0.2, 0.25) is 0 Å². The van der Waals surface area contributed by atoms with Crippen LogP contribution >= 0.6 is 0 Å². The third-order valence-electron chi connectivity index (χ3n) is 3.17. The molecule has 1 aromatic heterocycles. The molecule has 0 amide bonds. The van der Waals surface area contributed by atoms with Crippen molar-refractivity contribution in [3.05, 3.63) is 41.7 Å². The van der Waals surface area contributed by atoms with Crippen LogP contribution in [-0.2, 0) is 4.74 Å². The monoisotopic (exact) mass is 302 g/mol. The number of nitrogens with two attached hydrogens (primary N) is 1. The van der Waals surface area contributed by atoms with E-state index in [2.05, 4.69) is 14.7 Å². The number of ether oxygens (including phenoxy) is 1. The second kappa shape index (κ2) is 6.50. The lowest BCUT2D eigenvalue weighted by Crippen LogP contribution is -2.19. The molecule has 2 rings (SSSR count). The number of carbonyl (C=O) groups is 1. The van der Waals surface area contributed by atoms with Crippen molar-refractivity contribution in [2.75, 3.05) is 26.9 Å². The molecule has 0 radical (unpaired) electrons. The summed E-state index contributed by atoms with van der Waals surface area (Å²) in [5, 5.41) is 9.96. The Labute approximate surface area is 128 Å². The Morgan fingerprint density at radius 1 is 1.32 bits per heavy atom. The van der Waals surface area contributed by atoms with Crippen LogP contribution in [0.25, 0.3) is 11.3 Å². The average Bonchev–Trinajstić information content (AvgIpc) is 2.54. The summed E-state index contributed by atoms with van der Waals surface area (Å²) in [6.07, 6.45) is 0.802. The number of aromatic nitrogens is 2. The Hall–Kier alpha value is -2.51. The summed E-state index contributed by atoms with van der Waals surface area (Å²) in [7, 11) is 4.83. The standard InChI is InChI=1S/C15H18N4O3/c1-19(2)14(20)10-6-4-9(5-7-10)11-8-17-13(16)12(18-11)15(21)22-3/h4-8,14,20H,1-3H3,(H2,16,17). The summed E-state index contributed by atoms with van der Waals surface area (Å²) in [6.45, 7) is 0. The van der Waals surface area contributed by atoms with E-state index in [-0.39, 0.29) is 11.5 Å². The van der Waals surface area contributed by atoms with E-state index in [1.165, 1.54) is 13.3 Å². The van der Waals surface area contributed by atoms with Crippen LogP contribution in [0.4, 0.5) is 5.82 Å². The van der Waals surface area contributed by atoms with Gasteiger partial charge in [0.15, 0.2) is 11.5 Å². The minimum atomic E-state index is -0.683. The number of nitrogen functional groups attached to an aromatic ring is 1. The third kappa shape index (κ3) is 3.21. The Morgan fingerprint density at radius 2 is 1.95 bits per heavy atom. The predicted octanol–water partition coefficient (Wildman–Crippen LogP) is 1.06. The van der Waals surface area contributed by atoms with Gasteiger partial charge in [0.2, 0.25) is 0 Å². The van der Waals surface area contributed by atoms with Gasteiger partial charge in [0.05, 0.1) is 19.0 Å². The molecular weight excluding hydrogens is 284 g/mol. The number of aliphatic hydroxyl groups is 1. The Bertz CT molecular complexity index is 671. The van der Waals surface area contributed by atoms with Crippen LogP contribution < -0.4 is 5.73 Å². The molecule has 0 saturated carbocycles. The first kappa shape index (κ1) is 15.9. The Kier molecular flexibility index (Phi) is 4.69. The molecule has 3 N–H and O–H groups in total. The number of methoxy groups -OCH3 is 1. The summed E-state index contributed by atoms with van der Waals surface area (Å²) in [5.74, 6) is -0.609. The van der Waals surface area contributed by atoms with Crippen molar-refractivity contribution in [2.45, 2.75) is 6.23 Å². The van der Waals surface area contributed by atoms with Crippen LogP contribution in [0.3, 0.4) is 0 Å². The highest BCUT2D eigenvalue weighted by molar-refractivity contribution is 5.92. The number of hydrogen-bond acceptors (Lipinski definition) is 7. The number of aliphatic hydroxyl groups excluding tert-OH is 1. The number of nitrogens with zero attached hydrogens (tertiary/aromatic N) is 3. The lowest BCUT2D eigenvalue weighted by Gasteiger charge is -2.18. The maximum atomic E-state index is 11.6. The molecular formula is C15H18N4O3. The zero-order valence-electron chi connectivity index (χ0n) is 12.6. The molecule has 1 heterocycles. The van der Waals surface area contributed by atoms with Crippen molar-refractivity contribution in [2.24, 2.45) is 0 Å². The van der Waals surface area contributed by atoms with Crippen molar-refractivity contribution in [1.82, 2.24) is 14.9 Å². The molecule has 0 aliphatic heterocycles. The first-order chi connectivity index (χ1) is 10.4. The van der Waals surface area contributed by atoms with Gasteiger partial charge in [0.1, 0.15) is 6.23 Å². The highest BCUT2D eigenvalue weighted by Gasteiger charge is 2.15. The third-order valence-corrected chi connectivity index (χ3v) is 3.17. The predicted molar refractivity (Wildman–Crippen MR) is 81.9 cm³/mol. The zero-order valence-corrected chi connectivity index (χ0v) is 12.6. The number of hydrogen-bond donors (Lipinski definition) is 2. The molecule has 0 aliphatic carbocycles. The van der Waals surface area contributed by atoms with Gasteiger partial charge in [-0.1, -0.05) is 24.3 Å². The largest absolute Gasteiger partial charge is 0.464 e. The fraction of sp³-hybridized carbons (Fsp3) is 0.267. The van der Waals surface area contributed by atoms with Crippen LogP contribution in [0.1, 0.15) is 22.3 Å². The number of anilines is 1. The first-order valence-corrected chi connectivity index (χ1v) is 6.59. The summed E-state index contributed by atoms with van der Waals surface area (Å²) >= 11 is 0. The van der Waals surface area contributed by atoms with Crippen LogP contribution in [0.15, 0.2) is 30.5 Å². The number of benzene rings is 1. The topological polar surface area (TPSA) is 102 Å². The van der Waals surface area contributed by atoms with E-state index in [0.29, 0.717) is 5.69 Å². The van der Waals surface area contributed by atoms with E-state index >= 15 is 0 Å². The SMILES string of the molecule is COC(=O)c1nc(-c2ccc(C(O)N(C)C)cc2)cnc1N. The normalized spacial score (nSPS) is 12.2. The van der Waals surface area contributed by atoms with Gasteiger partial charge >= 0.3 is 5.97 Å². The molecule has 0 aliphatic rings. The zero-order chi connectivity index (χ0) is 16.3. The van der Waals surface area contributed by atoms with Crippen LogP contribution in [0.5, 0.6) is 0 Å². The highest BCUT2D eigenvalue weighted by Crippen LogP contribution is 2.22. The molecule has 2 aromatic rings. The van der Waals surface area contributed by atoms with E-state index in [4.69, 9.17) is 5.73 Å². The second-order valence-corrected chi connectivity index (χ2v) is 4.94. The average molecular weight is 302 g/mol. The molecule has 1 unspecified atom stereocenters.